The molecule has 1 aromatic carbocycles. The molecule has 3 nitrogen and oxygen atoms in total. The number of alkyl halides is 3. The fourth-order valence-electron chi connectivity index (χ4n) is 3.35. The first-order chi connectivity index (χ1) is 10.2. The number of carbonyl (C=O) groups excluding carboxylic acids is 1. The zero-order chi connectivity index (χ0) is 16.4. The van der Waals surface area contributed by atoms with Gasteiger partial charge in [-0.1, -0.05) is 38.3 Å². The highest BCUT2D eigenvalue weighted by atomic mass is 19.4. The van der Waals surface area contributed by atoms with Gasteiger partial charge < -0.3 is 10.5 Å². The molecule has 1 aliphatic carbocycles. The van der Waals surface area contributed by atoms with Crippen molar-refractivity contribution < 1.29 is 22.7 Å². The van der Waals surface area contributed by atoms with Gasteiger partial charge in [-0.25, -0.2) is 0 Å². The number of hydrogen-bond acceptors (Lipinski definition) is 2. The molecule has 2 rings (SSSR count). The molecular weight excluding hydrogens is 295 g/mol. The summed E-state index contributed by atoms with van der Waals surface area (Å²) < 4.78 is 40.4. The maximum absolute atomic E-state index is 12.2. The van der Waals surface area contributed by atoms with Gasteiger partial charge in [-0.05, 0) is 36.5 Å². The average molecular weight is 315 g/mol. The molecule has 1 amide bonds. The molecule has 0 spiro atoms. The van der Waals surface area contributed by atoms with Gasteiger partial charge in [0.2, 0.25) is 5.91 Å². The Morgan fingerprint density at radius 2 is 1.73 bits per heavy atom. The maximum atomic E-state index is 12.2. The molecule has 122 valence electrons. The Balaban J connectivity index is 2.20. The van der Waals surface area contributed by atoms with Crippen LogP contribution in [0.15, 0.2) is 24.3 Å². The van der Waals surface area contributed by atoms with Gasteiger partial charge in [-0.2, -0.15) is 0 Å². The predicted molar refractivity (Wildman–Crippen MR) is 76.3 cm³/mol. The molecule has 0 aliphatic heterocycles. The molecule has 1 atom stereocenters. The number of rotatable bonds is 4. The fraction of sp³-hybridized carbons (Fsp3) is 0.562. The average Bonchev–Trinajstić information content (AvgIpc) is 2.46. The number of primary amides is 1. The van der Waals surface area contributed by atoms with E-state index in [9.17, 15) is 18.0 Å². The summed E-state index contributed by atoms with van der Waals surface area (Å²) >= 11 is 0. The first-order valence-electron chi connectivity index (χ1n) is 7.40. The van der Waals surface area contributed by atoms with E-state index >= 15 is 0 Å². The number of carbonyl (C=O) groups is 1. The quantitative estimate of drug-likeness (QED) is 0.908. The van der Waals surface area contributed by atoms with Crippen LogP contribution in [0.4, 0.5) is 13.2 Å². The van der Waals surface area contributed by atoms with E-state index in [-0.39, 0.29) is 17.6 Å². The molecule has 0 unspecified atom stereocenters. The van der Waals surface area contributed by atoms with E-state index in [0.717, 1.165) is 37.7 Å². The minimum atomic E-state index is -4.70. The minimum Gasteiger partial charge on any atom is -0.406 e. The van der Waals surface area contributed by atoms with Crippen LogP contribution in [0.5, 0.6) is 5.75 Å². The lowest BCUT2D eigenvalue weighted by Crippen LogP contribution is -2.42. The second kappa shape index (κ2) is 6.18. The smallest absolute Gasteiger partial charge is 0.406 e. The summed E-state index contributed by atoms with van der Waals surface area (Å²) in [5.74, 6) is -0.722. The third-order valence-corrected chi connectivity index (χ3v) is 4.68. The van der Waals surface area contributed by atoms with Crippen molar-refractivity contribution >= 4 is 5.91 Å². The van der Waals surface area contributed by atoms with Crippen LogP contribution in [0.25, 0.3) is 0 Å². The van der Waals surface area contributed by atoms with Gasteiger partial charge in [0.1, 0.15) is 5.75 Å². The molecule has 1 aromatic rings. The topological polar surface area (TPSA) is 52.3 Å². The Kier molecular flexibility index (Phi) is 4.68. The highest BCUT2D eigenvalue weighted by Crippen LogP contribution is 2.47. The first-order valence-corrected chi connectivity index (χ1v) is 7.40. The van der Waals surface area contributed by atoms with Crippen LogP contribution >= 0.6 is 0 Å². The molecule has 1 aliphatic rings. The van der Waals surface area contributed by atoms with Crippen LogP contribution in [0.3, 0.4) is 0 Å². The normalized spacial score (nSPS) is 19.5. The first kappa shape index (κ1) is 16.6. The maximum Gasteiger partial charge on any atom is 0.573 e. The lowest BCUT2D eigenvalue weighted by molar-refractivity contribution is -0.274. The lowest BCUT2D eigenvalue weighted by atomic mass is 9.64. The molecule has 0 radical (unpaired) electrons. The number of hydrogen-bond donors (Lipinski definition) is 1. The van der Waals surface area contributed by atoms with Crippen LogP contribution in [-0.4, -0.2) is 12.3 Å². The summed E-state index contributed by atoms with van der Waals surface area (Å²) in [6, 6.07) is 5.70. The molecule has 1 saturated carbocycles. The van der Waals surface area contributed by atoms with Crippen LogP contribution < -0.4 is 10.5 Å². The molecule has 0 bridgehead atoms. The van der Waals surface area contributed by atoms with E-state index in [0.29, 0.717) is 0 Å². The second-order valence-corrected chi connectivity index (χ2v) is 5.92. The van der Waals surface area contributed by atoms with Crippen molar-refractivity contribution in [3.63, 3.8) is 0 Å². The number of benzene rings is 1. The summed E-state index contributed by atoms with van der Waals surface area (Å²) in [5, 5.41) is 0. The number of nitrogens with two attached hydrogens (primary N) is 1. The van der Waals surface area contributed by atoms with Crippen LogP contribution in [0, 0.1) is 5.41 Å². The lowest BCUT2D eigenvalue weighted by Gasteiger charge is -2.39. The molecule has 1 fully saturated rings. The highest BCUT2D eigenvalue weighted by molar-refractivity contribution is 5.82. The zero-order valence-electron chi connectivity index (χ0n) is 12.5. The number of halogens is 3. The van der Waals surface area contributed by atoms with Gasteiger partial charge in [-0.3, -0.25) is 4.79 Å². The Morgan fingerprint density at radius 3 is 2.18 bits per heavy atom. The van der Waals surface area contributed by atoms with E-state index in [1.54, 1.807) is 12.1 Å². The van der Waals surface area contributed by atoms with Crippen molar-refractivity contribution in [3.05, 3.63) is 29.8 Å². The van der Waals surface area contributed by atoms with Crippen molar-refractivity contribution in [1.29, 1.82) is 0 Å². The van der Waals surface area contributed by atoms with E-state index in [4.69, 9.17) is 5.73 Å². The second-order valence-electron chi connectivity index (χ2n) is 5.92. The van der Waals surface area contributed by atoms with E-state index in [1.807, 2.05) is 6.92 Å². The monoisotopic (exact) mass is 315 g/mol. The summed E-state index contributed by atoms with van der Waals surface area (Å²) in [4.78, 5) is 12.0. The van der Waals surface area contributed by atoms with Crippen molar-refractivity contribution in [2.75, 3.05) is 0 Å². The number of amides is 1. The van der Waals surface area contributed by atoms with Gasteiger partial charge in [0.15, 0.2) is 0 Å². The molecule has 0 aromatic heterocycles. The van der Waals surface area contributed by atoms with Crippen molar-refractivity contribution in [2.24, 2.45) is 11.1 Å². The van der Waals surface area contributed by atoms with Crippen molar-refractivity contribution in [3.8, 4) is 5.75 Å². The van der Waals surface area contributed by atoms with Crippen LogP contribution in [0.2, 0.25) is 0 Å². The van der Waals surface area contributed by atoms with Gasteiger partial charge in [0, 0.05) is 0 Å². The highest BCUT2D eigenvalue weighted by Gasteiger charge is 2.43. The van der Waals surface area contributed by atoms with Gasteiger partial charge >= 0.3 is 6.36 Å². The van der Waals surface area contributed by atoms with E-state index in [1.165, 1.54) is 12.1 Å². The third kappa shape index (κ3) is 3.54. The Morgan fingerprint density at radius 1 is 1.18 bits per heavy atom. The van der Waals surface area contributed by atoms with Crippen molar-refractivity contribution in [1.82, 2.24) is 0 Å². The largest absolute Gasteiger partial charge is 0.573 e. The summed E-state index contributed by atoms with van der Waals surface area (Å²) in [5.41, 5.74) is 5.84. The molecular formula is C16H20F3NO2. The summed E-state index contributed by atoms with van der Waals surface area (Å²) in [6.45, 7) is 1.91. The Labute approximate surface area is 127 Å². The Hall–Kier alpha value is -1.72. The molecule has 6 heteroatoms. The number of ether oxygens (including phenoxy) is 1. The van der Waals surface area contributed by atoms with E-state index in [2.05, 4.69) is 4.74 Å². The minimum absolute atomic E-state index is 0.134. The Bertz CT molecular complexity index is 519. The van der Waals surface area contributed by atoms with Crippen molar-refractivity contribution in [2.45, 2.75) is 51.3 Å². The SMILES string of the molecule is C[C@@H](c1ccc(OC(F)(F)F)cc1)C1(C(N)=O)CCCCC1. The molecule has 22 heavy (non-hydrogen) atoms. The van der Waals surface area contributed by atoms with Gasteiger partial charge in [-0.15, -0.1) is 13.2 Å². The molecule has 2 N–H and O–H groups in total. The molecule has 0 saturated heterocycles. The van der Waals surface area contributed by atoms with Gasteiger partial charge in [0.25, 0.3) is 0 Å². The zero-order valence-corrected chi connectivity index (χ0v) is 12.5. The summed E-state index contributed by atoms with van der Waals surface area (Å²) in [6.07, 6.45) is -0.273. The van der Waals surface area contributed by atoms with Crippen LogP contribution in [-0.2, 0) is 4.79 Å². The van der Waals surface area contributed by atoms with E-state index < -0.39 is 11.8 Å². The van der Waals surface area contributed by atoms with Gasteiger partial charge in [0.05, 0.1) is 5.41 Å². The predicted octanol–water partition coefficient (Wildman–Crippen LogP) is 4.12. The summed E-state index contributed by atoms with van der Waals surface area (Å²) in [7, 11) is 0. The third-order valence-electron chi connectivity index (χ3n) is 4.68. The van der Waals surface area contributed by atoms with Crippen LogP contribution in [0.1, 0.15) is 50.5 Å². The standard InChI is InChI=1S/C16H20F3NO2/c1-11(15(14(20)21)9-3-2-4-10-15)12-5-7-13(8-6-12)22-16(17,18)19/h5-8,11H,2-4,9-10H2,1H3,(H2,20,21)/t11-/m0/s1. The molecule has 0 heterocycles. The fourth-order valence-corrected chi connectivity index (χ4v) is 3.35.